The molecular formula is C15H16N4S. The van der Waals surface area contributed by atoms with E-state index in [4.69, 9.17) is 5.73 Å². The third kappa shape index (κ3) is 1.98. The summed E-state index contributed by atoms with van der Waals surface area (Å²) in [5.41, 5.74) is 9.70. The lowest BCUT2D eigenvalue weighted by Gasteiger charge is -2.31. The van der Waals surface area contributed by atoms with Crippen LogP contribution in [0.1, 0.15) is 29.7 Å². The molecule has 2 aromatic heterocycles. The topological polar surface area (TPSA) is 65.9 Å². The van der Waals surface area contributed by atoms with E-state index in [2.05, 4.69) is 29.9 Å². The van der Waals surface area contributed by atoms with Gasteiger partial charge in [0.15, 0.2) is 0 Å². The predicted molar refractivity (Wildman–Crippen MR) is 81.4 cm³/mol. The van der Waals surface area contributed by atoms with E-state index in [1.807, 2.05) is 17.5 Å². The molecule has 20 heavy (non-hydrogen) atoms. The molecule has 0 spiro atoms. The first kappa shape index (κ1) is 13.1. The Kier molecular flexibility index (Phi) is 3.20. The van der Waals surface area contributed by atoms with Gasteiger partial charge in [-0.1, -0.05) is 13.0 Å². The highest BCUT2D eigenvalue weighted by Gasteiger charge is 2.28. The second kappa shape index (κ2) is 4.89. The quantitative estimate of drug-likeness (QED) is 0.874. The van der Waals surface area contributed by atoms with Crippen molar-refractivity contribution in [2.45, 2.75) is 19.4 Å². The summed E-state index contributed by atoms with van der Waals surface area (Å²) in [7, 11) is 2.10. The first-order chi connectivity index (χ1) is 9.61. The van der Waals surface area contributed by atoms with Gasteiger partial charge in [0.2, 0.25) is 0 Å². The molecule has 3 heterocycles. The van der Waals surface area contributed by atoms with Gasteiger partial charge < -0.3 is 10.6 Å². The maximum atomic E-state index is 9.45. The third-order valence-electron chi connectivity index (χ3n) is 3.72. The average Bonchev–Trinajstić information content (AvgIpc) is 2.92. The van der Waals surface area contributed by atoms with Crippen molar-refractivity contribution in [1.29, 1.82) is 5.26 Å². The van der Waals surface area contributed by atoms with Gasteiger partial charge in [-0.2, -0.15) is 5.26 Å². The summed E-state index contributed by atoms with van der Waals surface area (Å²) in [4.78, 5) is 7.86. The summed E-state index contributed by atoms with van der Waals surface area (Å²) in [6, 6.07) is 6.27. The number of thiophene rings is 1. The number of likely N-dealkylation sites (N-methyl/N-ethyl adjacent to an activating group) is 1. The molecule has 0 amide bonds. The standard InChI is InChI=1S/C15H16N4S/c1-9-7-19(2)8-11-13(12-4-3-5-20-12)10(6-16)15(17)18-14(9)11/h3-5,9H,7-8H2,1-2H3,(H2,17,18)/t9-/m1/s1. The van der Waals surface area contributed by atoms with Crippen LogP contribution in [-0.2, 0) is 6.54 Å². The van der Waals surface area contributed by atoms with Gasteiger partial charge in [0, 0.05) is 29.4 Å². The largest absolute Gasteiger partial charge is 0.383 e. The van der Waals surface area contributed by atoms with Crippen molar-refractivity contribution < 1.29 is 0 Å². The monoisotopic (exact) mass is 284 g/mol. The highest BCUT2D eigenvalue weighted by Crippen LogP contribution is 2.39. The number of nitrogens with zero attached hydrogens (tertiary/aromatic N) is 3. The predicted octanol–water partition coefficient (Wildman–Crippen LogP) is 2.81. The van der Waals surface area contributed by atoms with E-state index in [0.717, 1.165) is 34.8 Å². The molecule has 0 fully saturated rings. The van der Waals surface area contributed by atoms with E-state index in [1.165, 1.54) is 0 Å². The van der Waals surface area contributed by atoms with Crippen molar-refractivity contribution in [3.63, 3.8) is 0 Å². The van der Waals surface area contributed by atoms with Crippen LogP contribution < -0.4 is 5.73 Å². The third-order valence-corrected chi connectivity index (χ3v) is 4.61. The van der Waals surface area contributed by atoms with Crippen molar-refractivity contribution in [1.82, 2.24) is 9.88 Å². The van der Waals surface area contributed by atoms with E-state index in [-0.39, 0.29) is 0 Å². The molecule has 0 unspecified atom stereocenters. The molecule has 0 aromatic carbocycles. The van der Waals surface area contributed by atoms with Crippen molar-refractivity contribution in [2.75, 3.05) is 19.3 Å². The second-order valence-corrected chi connectivity index (χ2v) is 6.25. The molecule has 1 aliphatic rings. The van der Waals surface area contributed by atoms with E-state index < -0.39 is 0 Å². The highest BCUT2D eigenvalue weighted by molar-refractivity contribution is 7.13. The number of hydrogen-bond acceptors (Lipinski definition) is 5. The van der Waals surface area contributed by atoms with Gasteiger partial charge in [0.25, 0.3) is 0 Å². The van der Waals surface area contributed by atoms with Crippen LogP contribution in [0.2, 0.25) is 0 Å². The summed E-state index contributed by atoms with van der Waals surface area (Å²) in [5.74, 6) is 0.684. The molecule has 2 aromatic rings. The zero-order valence-electron chi connectivity index (χ0n) is 11.6. The number of nitrogen functional groups attached to an aromatic ring is 1. The molecule has 0 aliphatic carbocycles. The Morgan fingerprint density at radius 2 is 2.35 bits per heavy atom. The Labute approximate surface area is 122 Å². The molecule has 0 saturated carbocycles. The molecule has 102 valence electrons. The first-order valence-electron chi connectivity index (χ1n) is 6.56. The number of aromatic nitrogens is 1. The maximum absolute atomic E-state index is 9.45. The van der Waals surface area contributed by atoms with Crippen LogP contribution in [0.15, 0.2) is 17.5 Å². The van der Waals surface area contributed by atoms with Crippen LogP contribution in [0.3, 0.4) is 0 Å². The van der Waals surface area contributed by atoms with Crippen LogP contribution >= 0.6 is 11.3 Å². The minimum Gasteiger partial charge on any atom is -0.383 e. The zero-order chi connectivity index (χ0) is 14.3. The lowest BCUT2D eigenvalue weighted by atomic mass is 9.90. The first-order valence-corrected chi connectivity index (χ1v) is 7.44. The molecule has 1 aliphatic heterocycles. The zero-order valence-corrected chi connectivity index (χ0v) is 12.4. The Hall–Kier alpha value is -1.90. The number of fused-ring (bicyclic) bond motifs is 1. The van der Waals surface area contributed by atoms with Crippen LogP contribution in [-0.4, -0.2) is 23.5 Å². The summed E-state index contributed by atoms with van der Waals surface area (Å²) in [6.07, 6.45) is 0. The van der Waals surface area contributed by atoms with Gasteiger partial charge in [-0.05, 0) is 24.1 Å². The van der Waals surface area contributed by atoms with Gasteiger partial charge in [-0.3, -0.25) is 0 Å². The lowest BCUT2D eigenvalue weighted by Crippen LogP contribution is -2.31. The fourth-order valence-electron chi connectivity index (χ4n) is 2.92. The molecule has 0 saturated heterocycles. The minimum absolute atomic E-state index is 0.331. The summed E-state index contributed by atoms with van der Waals surface area (Å²) in [6.45, 7) is 3.94. The number of rotatable bonds is 1. The van der Waals surface area contributed by atoms with E-state index in [9.17, 15) is 5.26 Å². The molecular weight excluding hydrogens is 268 g/mol. The Balaban J connectivity index is 2.33. The van der Waals surface area contributed by atoms with Crippen molar-refractivity contribution in [3.05, 3.63) is 34.3 Å². The normalized spacial score (nSPS) is 18.6. The maximum Gasteiger partial charge on any atom is 0.142 e. The molecule has 1 atom stereocenters. The molecule has 0 bridgehead atoms. The SMILES string of the molecule is C[C@@H]1CN(C)Cc2c1nc(N)c(C#N)c2-c1cccs1. The Morgan fingerprint density at radius 3 is 3.00 bits per heavy atom. The second-order valence-electron chi connectivity index (χ2n) is 5.30. The Bertz CT molecular complexity index is 685. The van der Waals surface area contributed by atoms with E-state index in [1.54, 1.807) is 11.3 Å². The number of anilines is 1. The average molecular weight is 284 g/mol. The van der Waals surface area contributed by atoms with Crippen molar-refractivity contribution in [3.8, 4) is 16.5 Å². The number of nitriles is 1. The molecule has 0 radical (unpaired) electrons. The molecule has 3 rings (SSSR count). The van der Waals surface area contributed by atoms with Gasteiger partial charge in [0.1, 0.15) is 17.5 Å². The Morgan fingerprint density at radius 1 is 1.55 bits per heavy atom. The fourth-order valence-corrected chi connectivity index (χ4v) is 3.73. The molecule has 5 heteroatoms. The van der Waals surface area contributed by atoms with Crippen LogP contribution in [0.25, 0.3) is 10.4 Å². The summed E-state index contributed by atoms with van der Waals surface area (Å²) in [5, 5.41) is 11.5. The number of nitrogens with two attached hydrogens (primary N) is 1. The van der Waals surface area contributed by atoms with E-state index in [0.29, 0.717) is 17.3 Å². The van der Waals surface area contributed by atoms with Gasteiger partial charge >= 0.3 is 0 Å². The van der Waals surface area contributed by atoms with Gasteiger partial charge in [-0.25, -0.2) is 4.98 Å². The van der Waals surface area contributed by atoms with Crippen LogP contribution in [0.5, 0.6) is 0 Å². The molecule has 4 nitrogen and oxygen atoms in total. The van der Waals surface area contributed by atoms with Crippen molar-refractivity contribution >= 4 is 17.2 Å². The summed E-state index contributed by atoms with van der Waals surface area (Å²) >= 11 is 1.64. The number of pyridine rings is 1. The van der Waals surface area contributed by atoms with Crippen molar-refractivity contribution in [2.24, 2.45) is 0 Å². The number of hydrogen-bond donors (Lipinski definition) is 1. The van der Waals surface area contributed by atoms with Gasteiger partial charge in [0.05, 0.1) is 5.69 Å². The lowest BCUT2D eigenvalue weighted by molar-refractivity contribution is 0.285. The van der Waals surface area contributed by atoms with Crippen LogP contribution in [0.4, 0.5) is 5.82 Å². The smallest absolute Gasteiger partial charge is 0.142 e. The van der Waals surface area contributed by atoms with Gasteiger partial charge in [-0.15, -0.1) is 11.3 Å². The minimum atomic E-state index is 0.331. The summed E-state index contributed by atoms with van der Waals surface area (Å²) < 4.78 is 0. The highest BCUT2D eigenvalue weighted by atomic mass is 32.1. The van der Waals surface area contributed by atoms with E-state index >= 15 is 0 Å². The van der Waals surface area contributed by atoms with Crippen LogP contribution in [0, 0.1) is 11.3 Å². The fraction of sp³-hybridized carbons (Fsp3) is 0.333. The molecule has 2 N–H and O–H groups in total.